The number of carbonyl (C=O) groups excluding carboxylic acids is 4. The third-order valence-corrected chi connectivity index (χ3v) is 5.25. The molecule has 2 aromatic rings. The van der Waals surface area contributed by atoms with Crippen LogP contribution >= 0.6 is 0 Å². The van der Waals surface area contributed by atoms with Crippen molar-refractivity contribution in [3.63, 3.8) is 0 Å². The van der Waals surface area contributed by atoms with Crippen LogP contribution in [0.1, 0.15) is 35.3 Å². The Kier molecular flexibility index (Phi) is 10.4. The summed E-state index contributed by atoms with van der Waals surface area (Å²) >= 11 is 0. The van der Waals surface area contributed by atoms with Gasteiger partial charge in [0, 0.05) is 45.6 Å². The molecule has 1 atom stereocenters. The predicted octanol–water partition coefficient (Wildman–Crippen LogP) is 0.566. The van der Waals surface area contributed by atoms with Gasteiger partial charge in [-0.1, -0.05) is 42.5 Å². The Hall–Kier alpha value is -3.76. The molecule has 0 saturated carbocycles. The molecule has 0 aliphatic rings. The van der Waals surface area contributed by atoms with Crippen molar-refractivity contribution in [2.24, 2.45) is 5.73 Å². The Labute approximate surface area is 204 Å². The minimum Gasteiger partial charge on any atom is -0.465 e. The van der Waals surface area contributed by atoms with E-state index in [1.807, 2.05) is 4.90 Å². The molecule has 4 N–H and O–H groups in total. The molecule has 10 heteroatoms. The van der Waals surface area contributed by atoms with E-state index in [4.69, 9.17) is 15.2 Å². The fourth-order valence-corrected chi connectivity index (χ4v) is 3.40. The van der Waals surface area contributed by atoms with Crippen LogP contribution in [0.25, 0.3) is 0 Å². The van der Waals surface area contributed by atoms with Crippen LogP contribution in [0.2, 0.25) is 0 Å². The van der Waals surface area contributed by atoms with E-state index in [1.54, 1.807) is 30.3 Å². The Bertz CT molecular complexity index is 991. The van der Waals surface area contributed by atoms with Gasteiger partial charge in [-0.2, -0.15) is 0 Å². The maximum Gasteiger partial charge on any atom is 0.302 e. The molecule has 0 aromatic heterocycles. The number of nitrogens with two attached hydrogens (primary N) is 1. The second-order valence-electron chi connectivity index (χ2n) is 7.80. The number of hydrogen-bond donors (Lipinski definition) is 3. The lowest BCUT2D eigenvalue weighted by Crippen LogP contribution is -2.42. The summed E-state index contributed by atoms with van der Waals surface area (Å²) in [5.74, 6) is -2.06. The van der Waals surface area contributed by atoms with Crippen molar-refractivity contribution in [2.45, 2.75) is 19.4 Å². The fourth-order valence-electron chi connectivity index (χ4n) is 3.40. The van der Waals surface area contributed by atoms with Crippen molar-refractivity contribution in [2.75, 3.05) is 39.4 Å². The fraction of sp³-hybridized carbons (Fsp3) is 0.360. The first-order valence-corrected chi connectivity index (χ1v) is 11.1. The van der Waals surface area contributed by atoms with Crippen LogP contribution in [0.15, 0.2) is 54.6 Å². The summed E-state index contributed by atoms with van der Waals surface area (Å²) in [6, 6.07) is 14.3. The van der Waals surface area contributed by atoms with Crippen molar-refractivity contribution in [3.05, 3.63) is 71.3 Å². The smallest absolute Gasteiger partial charge is 0.302 e. The van der Waals surface area contributed by atoms with Gasteiger partial charge in [-0.05, 0) is 23.3 Å². The maximum atomic E-state index is 12.6. The van der Waals surface area contributed by atoms with Crippen molar-refractivity contribution < 1.29 is 33.8 Å². The second-order valence-corrected chi connectivity index (χ2v) is 7.80. The van der Waals surface area contributed by atoms with Crippen molar-refractivity contribution in [1.29, 1.82) is 0 Å². The van der Waals surface area contributed by atoms with E-state index >= 15 is 0 Å². The zero-order chi connectivity index (χ0) is 25.8. The molecule has 0 fully saturated rings. The standard InChI is InChI=1S/C25H31N3O7/c1-18(29)34-16-14-28(15-17-35-19(2)30)13-12-27-23(31)20-8-10-22(11-9-20)25(33,24(26)32)21-6-4-3-5-7-21/h3-11,33H,12-17H2,1-2H3,(H2,26,32)(H,27,31). The van der Waals surface area contributed by atoms with Crippen LogP contribution < -0.4 is 11.1 Å². The number of aliphatic hydroxyl groups is 1. The van der Waals surface area contributed by atoms with E-state index in [0.717, 1.165) is 0 Å². The van der Waals surface area contributed by atoms with E-state index in [1.165, 1.54) is 38.1 Å². The highest BCUT2D eigenvalue weighted by Gasteiger charge is 2.38. The first-order valence-electron chi connectivity index (χ1n) is 11.1. The quantitative estimate of drug-likeness (QED) is 0.349. The molecule has 2 aromatic carbocycles. The molecule has 2 amide bonds. The van der Waals surface area contributed by atoms with Crippen LogP contribution in [-0.2, 0) is 29.5 Å². The molecule has 0 bridgehead atoms. The molecule has 0 aliphatic heterocycles. The monoisotopic (exact) mass is 485 g/mol. The van der Waals surface area contributed by atoms with Gasteiger partial charge in [0.25, 0.3) is 11.8 Å². The summed E-state index contributed by atoms with van der Waals surface area (Å²) in [4.78, 5) is 48.5. The Morgan fingerprint density at radius 3 is 1.86 bits per heavy atom. The Morgan fingerprint density at radius 2 is 1.37 bits per heavy atom. The average molecular weight is 486 g/mol. The minimum absolute atomic E-state index is 0.176. The van der Waals surface area contributed by atoms with Gasteiger partial charge in [0.2, 0.25) is 0 Å². The molecule has 35 heavy (non-hydrogen) atoms. The van der Waals surface area contributed by atoms with Gasteiger partial charge in [-0.15, -0.1) is 0 Å². The maximum absolute atomic E-state index is 12.6. The highest BCUT2D eigenvalue weighted by molar-refractivity contribution is 5.94. The SMILES string of the molecule is CC(=O)OCCN(CCNC(=O)c1ccc(C(O)(C(N)=O)c2ccccc2)cc1)CCOC(C)=O. The highest BCUT2D eigenvalue weighted by atomic mass is 16.5. The minimum atomic E-state index is -2.03. The summed E-state index contributed by atoms with van der Waals surface area (Å²) in [6.07, 6.45) is 0. The van der Waals surface area contributed by atoms with Crippen molar-refractivity contribution in [3.8, 4) is 0 Å². The Morgan fingerprint density at radius 1 is 0.857 bits per heavy atom. The number of benzene rings is 2. The van der Waals surface area contributed by atoms with Gasteiger partial charge < -0.3 is 25.6 Å². The molecule has 10 nitrogen and oxygen atoms in total. The third kappa shape index (κ3) is 8.20. The van der Waals surface area contributed by atoms with Gasteiger partial charge in [0.1, 0.15) is 13.2 Å². The third-order valence-electron chi connectivity index (χ3n) is 5.25. The molecule has 0 saturated heterocycles. The number of ether oxygens (including phenoxy) is 2. The zero-order valence-corrected chi connectivity index (χ0v) is 19.9. The van der Waals surface area contributed by atoms with Crippen LogP contribution in [0.4, 0.5) is 0 Å². The average Bonchev–Trinajstić information content (AvgIpc) is 2.83. The van der Waals surface area contributed by atoms with E-state index in [-0.39, 0.29) is 31.2 Å². The number of nitrogens with one attached hydrogen (secondary N) is 1. The number of rotatable bonds is 13. The van der Waals surface area contributed by atoms with Gasteiger partial charge in [0.15, 0.2) is 5.60 Å². The first-order chi connectivity index (χ1) is 16.6. The van der Waals surface area contributed by atoms with Crippen LogP contribution in [0.3, 0.4) is 0 Å². The molecular formula is C25H31N3O7. The lowest BCUT2D eigenvalue weighted by molar-refractivity contribution is -0.141. The first kappa shape index (κ1) is 27.5. The van der Waals surface area contributed by atoms with Gasteiger partial charge in [-0.25, -0.2) is 0 Å². The molecule has 0 spiro atoms. The zero-order valence-electron chi connectivity index (χ0n) is 19.9. The van der Waals surface area contributed by atoms with Gasteiger partial charge >= 0.3 is 11.9 Å². The number of esters is 2. The number of hydrogen-bond acceptors (Lipinski definition) is 8. The summed E-state index contributed by atoms with van der Waals surface area (Å²) < 4.78 is 9.91. The molecule has 0 radical (unpaired) electrons. The van der Waals surface area contributed by atoms with E-state index in [9.17, 15) is 24.3 Å². The number of primary amides is 1. The van der Waals surface area contributed by atoms with Crippen LogP contribution in [-0.4, -0.2) is 73.2 Å². The Balaban J connectivity index is 1.98. The van der Waals surface area contributed by atoms with E-state index in [0.29, 0.717) is 30.8 Å². The lowest BCUT2D eigenvalue weighted by Gasteiger charge is -2.26. The van der Waals surface area contributed by atoms with Gasteiger partial charge in [0.05, 0.1) is 0 Å². The molecule has 1 unspecified atom stereocenters. The molecule has 0 aliphatic carbocycles. The molecule has 0 heterocycles. The summed E-state index contributed by atoms with van der Waals surface area (Å²) in [7, 11) is 0. The normalized spacial score (nSPS) is 12.5. The van der Waals surface area contributed by atoms with Crippen LogP contribution in [0.5, 0.6) is 0 Å². The molecular weight excluding hydrogens is 454 g/mol. The largest absolute Gasteiger partial charge is 0.465 e. The number of carbonyl (C=O) groups is 4. The molecule has 2 rings (SSSR count). The summed E-state index contributed by atoms with van der Waals surface area (Å²) in [5.41, 5.74) is 4.38. The summed E-state index contributed by atoms with van der Waals surface area (Å²) in [5, 5.41) is 13.8. The van der Waals surface area contributed by atoms with Gasteiger partial charge in [-0.3, -0.25) is 24.1 Å². The predicted molar refractivity (Wildman–Crippen MR) is 127 cm³/mol. The summed E-state index contributed by atoms with van der Waals surface area (Å²) in [6.45, 7) is 4.53. The lowest BCUT2D eigenvalue weighted by atomic mass is 9.85. The topological polar surface area (TPSA) is 148 Å². The van der Waals surface area contributed by atoms with Crippen molar-refractivity contribution in [1.82, 2.24) is 10.2 Å². The van der Waals surface area contributed by atoms with E-state index in [2.05, 4.69) is 5.32 Å². The van der Waals surface area contributed by atoms with E-state index < -0.39 is 23.4 Å². The highest BCUT2D eigenvalue weighted by Crippen LogP contribution is 2.29. The number of amides is 2. The van der Waals surface area contributed by atoms with Crippen molar-refractivity contribution >= 4 is 23.8 Å². The van der Waals surface area contributed by atoms with Crippen LogP contribution in [0, 0.1) is 0 Å². The second kappa shape index (κ2) is 13.2. The number of nitrogens with zero attached hydrogens (tertiary/aromatic N) is 1. The molecule has 188 valence electrons.